The van der Waals surface area contributed by atoms with E-state index in [0.29, 0.717) is 36.1 Å². The standard InChI is InChI=1S/C24H30FN5O2/c25-20-7-3-2-6-18(20)17-29-14-15-30-22(24(29)32)16-21(26-30)23(31)28-12-8-19(9-13-28)27-10-4-1-5-11-27/h2-3,6-7,16,19H,1,4-5,8-15,17H2. The third-order valence-electron chi connectivity index (χ3n) is 7.06. The van der Waals surface area contributed by atoms with Crippen molar-refractivity contribution in [1.29, 1.82) is 0 Å². The normalized spacial score (nSPS) is 20.5. The van der Waals surface area contributed by atoms with E-state index in [0.717, 1.165) is 25.9 Å². The molecule has 0 bridgehead atoms. The third-order valence-corrected chi connectivity index (χ3v) is 7.06. The van der Waals surface area contributed by atoms with E-state index in [4.69, 9.17) is 0 Å². The number of halogens is 1. The van der Waals surface area contributed by atoms with Gasteiger partial charge in [0, 0.05) is 43.9 Å². The van der Waals surface area contributed by atoms with E-state index in [1.54, 1.807) is 33.8 Å². The number of likely N-dealkylation sites (tertiary alicyclic amines) is 2. The molecule has 0 spiro atoms. The van der Waals surface area contributed by atoms with Gasteiger partial charge in [0.05, 0.1) is 6.54 Å². The highest BCUT2D eigenvalue weighted by Gasteiger charge is 2.32. The summed E-state index contributed by atoms with van der Waals surface area (Å²) in [5, 5.41) is 4.44. The van der Waals surface area contributed by atoms with Crippen LogP contribution in [0, 0.1) is 5.82 Å². The summed E-state index contributed by atoms with van der Waals surface area (Å²) in [6.45, 7) is 4.97. The fourth-order valence-corrected chi connectivity index (χ4v) is 5.21. The van der Waals surface area contributed by atoms with Crippen LogP contribution in [0.25, 0.3) is 0 Å². The van der Waals surface area contributed by atoms with Gasteiger partial charge in [-0.15, -0.1) is 0 Å². The molecule has 7 nitrogen and oxygen atoms in total. The summed E-state index contributed by atoms with van der Waals surface area (Å²) < 4.78 is 15.6. The fraction of sp³-hybridized carbons (Fsp3) is 0.542. The molecule has 2 aromatic rings. The molecule has 4 heterocycles. The van der Waals surface area contributed by atoms with Crippen molar-refractivity contribution in [2.24, 2.45) is 0 Å². The van der Waals surface area contributed by atoms with Gasteiger partial charge >= 0.3 is 0 Å². The van der Waals surface area contributed by atoms with Crippen molar-refractivity contribution < 1.29 is 14.0 Å². The third kappa shape index (κ3) is 4.16. The Morgan fingerprint density at radius 2 is 1.75 bits per heavy atom. The molecule has 5 rings (SSSR count). The number of aromatic nitrogens is 2. The summed E-state index contributed by atoms with van der Waals surface area (Å²) in [4.78, 5) is 32.1. The van der Waals surface area contributed by atoms with Gasteiger partial charge in [-0.05, 0) is 44.8 Å². The lowest BCUT2D eigenvalue weighted by molar-refractivity contribution is 0.0582. The zero-order valence-corrected chi connectivity index (χ0v) is 18.4. The maximum Gasteiger partial charge on any atom is 0.274 e. The Morgan fingerprint density at radius 3 is 2.50 bits per heavy atom. The van der Waals surface area contributed by atoms with Crippen LogP contribution in [0.15, 0.2) is 30.3 Å². The number of benzene rings is 1. The predicted molar refractivity (Wildman–Crippen MR) is 118 cm³/mol. The van der Waals surface area contributed by atoms with Crippen LogP contribution in [-0.4, -0.2) is 75.1 Å². The van der Waals surface area contributed by atoms with Gasteiger partial charge in [0.2, 0.25) is 0 Å². The van der Waals surface area contributed by atoms with Gasteiger partial charge in [-0.2, -0.15) is 5.10 Å². The quantitative estimate of drug-likeness (QED) is 0.735. The summed E-state index contributed by atoms with van der Waals surface area (Å²) >= 11 is 0. The molecule has 2 fully saturated rings. The number of rotatable bonds is 4. The molecule has 3 aliphatic rings. The van der Waals surface area contributed by atoms with E-state index < -0.39 is 0 Å². The van der Waals surface area contributed by atoms with Crippen LogP contribution >= 0.6 is 0 Å². The first-order valence-corrected chi connectivity index (χ1v) is 11.7. The number of amides is 2. The number of carbonyl (C=O) groups is 2. The Hall–Kier alpha value is -2.74. The van der Waals surface area contributed by atoms with Crippen LogP contribution in [0.1, 0.15) is 58.6 Å². The van der Waals surface area contributed by atoms with Crippen molar-refractivity contribution in [3.8, 4) is 0 Å². The van der Waals surface area contributed by atoms with E-state index in [2.05, 4.69) is 10.00 Å². The average Bonchev–Trinajstić information content (AvgIpc) is 3.28. The number of hydrogen-bond acceptors (Lipinski definition) is 4. The molecule has 170 valence electrons. The van der Waals surface area contributed by atoms with E-state index in [-0.39, 0.29) is 24.2 Å². The summed E-state index contributed by atoms with van der Waals surface area (Å²) in [6, 6.07) is 8.68. The second kappa shape index (κ2) is 9.02. The number of hydrogen-bond donors (Lipinski definition) is 0. The van der Waals surface area contributed by atoms with Crippen molar-refractivity contribution >= 4 is 11.8 Å². The van der Waals surface area contributed by atoms with Gasteiger partial charge < -0.3 is 14.7 Å². The van der Waals surface area contributed by atoms with Crippen molar-refractivity contribution in [3.05, 3.63) is 53.1 Å². The molecule has 1 aromatic heterocycles. The smallest absolute Gasteiger partial charge is 0.274 e. The van der Waals surface area contributed by atoms with Gasteiger partial charge in [-0.1, -0.05) is 24.6 Å². The molecular formula is C24H30FN5O2. The molecule has 0 radical (unpaired) electrons. The second-order valence-electron chi connectivity index (χ2n) is 9.08. The average molecular weight is 440 g/mol. The Bertz CT molecular complexity index is 992. The van der Waals surface area contributed by atoms with Gasteiger partial charge in [0.1, 0.15) is 11.5 Å². The largest absolute Gasteiger partial charge is 0.337 e. The first kappa shape index (κ1) is 21.1. The van der Waals surface area contributed by atoms with Crippen molar-refractivity contribution in [2.45, 2.75) is 51.2 Å². The minimum atomic E-state index is -0.316. The first-order valence-electron chi connectivity index (χ1n) is 11.7. The van der Waals surface area contributed by atoms with Crippen molar-refractivity contribution in [3.63, 3.8) is 0 Å². The number of carbonyl (C=O) groups excluding carboxylic acids is 2. The molecule has 2 saturated heterocycles. The lowest BCUT2D eigenvalue weighted by Gasteiger charge is -2.40. The summed E-state index contributed by atoms with van der Waals surface area (Å²) in [5.74, 6) is -0.629. The molecule has 0 N–H and O–H groups in total. The lowest BCUT2D eigenvalue weighted by atomic mass is 9.99. The van der Waals surface area contributed by atoms with E-state index in [9.17, 15) is 14.0 Å². The highest BCUT2D eigenvalue weighted by Crippen LogP contribution is 2.23. The molecule has 3 aliphatic heterocycles. The first-order chi connectivity index (χ1) is 15.6. The fourth-order valence-electron chi connectivity index (χ4n) is 5.21. The monoisotopic (exact) mass is 439 g/mol. The van der Waals surface area contributed by atoms with Crippen LogP contribution in [0.3, 0.4) is 0 Å². The Morgan fingerprint density at radius 1 is 1.00 bits per heavy atom. The van der Waals surface area contributed by atoms with E-state index in [1.807, 2.05) is 4.90 Å². The number of piperidine rings is 2. The summed E-state index contributed by atoms with van der Waals surface area (Å²) in [5.41, 5.74) is 1.22. The van der Waals surface area contributed by atoms with Gasteiger partial charge in [-0.25, -0.2) is 4.39 Å². The Labute approximate surface area is 187 Å². The van der Waals surface area contributed by atoms with Crippen LogP contribution in [0.2, 0.25) is 0 Å². The zero-order valence-electron chi connectivity index (χ0n) is 18.4. The van der Waals surface area contributed by atoms with Gasteiger partial charge in [0.15, 0.2) is 5.69 Å². The van der Waals surface area contributed by atoms with Crippen molar-refractivity contribution in [2.75, 3.05) is 32.7 Å². The molecule has 1 aromatic carbocycles. The van der Waals surface area contributed by atoms with Gasteiger partial charge in [-0.3, -0.25) is 14.3 Å². The highest BCUT2D eigenvalue weighted by molar-refractivity contribution is 5.98. The maximum absolute atomic E-state index is 14.0. The summed E-state index contributed by atoms with van der Waals surface area (Å²) in [6.07, 6.45) is 5.88. The van der Waals surface area contributed by atoms with E-state index in [1.165, 1.54) is 38.4 Å². The molecule has 0 saturated carbocycles. The van der Waals surface area contributed by atoms with Crippen LogP contribution < -0.4 is 0 Å². The van der Waals surface area contributed by atoms with Crippen LogP contribution in [-0.2, 0) is 13.1 Å². The van der Waals surface area contributed by atoms with Crippen molar-refractivity contribution in [1.82, 2.24) is 24.5 Å². The minimum Gasteiger partial charge on any atom is -0.337 e. The van der Waals surface area contributed by atoms with Gasteiger partial charge in [0.25, 0.3) is 11.8 Å². The maximum atomic E-state index is 14.0. The molecule has 0 atom stereocenters. The topological polar surface area (TPSA) is 61.7 Å². The lowest BCUT2D eigenvalue weighted by Crippen LogP contribution is -2.48. The molecule has 0 unspecified atom stereocenters. The zero-order chi connectivity index (χ0) is 22.1. The minimum absolute atomic E-state index is 0.0996. The molecule has 2 amide bonds. The van der Waals surface area contributed by atoms with Crippen LogP contribution in [0.4, 0.5) is 4.39 Å². The van der Waals surface area contributed by atoms with Crippen LogP contribution in [0.5, 0.6) is 0 Å². The predicted octanol–water partition coefficient (Wildman–Crippen LogP) is 2.77. The summed E-state index contributed by atoms with van der Waals surface area (Å²) in [7, 11) is 0. The molecule has 0 aliphatic carbocycles. The Kier molecular flexibility index (Phi) is 5.95. The van der Waals surface area contributed by atoms with E-state index >= 15 is 0 Å². The molecular weight excluding hydrogens is 409 g/mol. The number of nitrogens with zero attached hydrogens (tertiary/aromatic N) is 5. The second-order valence-corrected chi connectivity index (χ2v) is 9.08. The Balaban J connectivity index is 1.23. The molecule has 32 heavy (non-hydrogen) atoms. The number of fused-ring (bicyclic) bond motifs is 1. The highest BCUT2D eigenvalue weighted by atomic mass is 19.1. The molecule has 8 heteroatoms. The SMILES string of the molecule is O=C(c1cc2n(n1)CCN(Cc1ccccc1F)C2=O)N1CCC(N2CCCCC2)CC1.